The van der Waals surface area contributed by atoms with Crippen LogP contribution in [0.1, 0.15) is 32.6 Å². The number of hydrogen-bond acceptors (Lipinski definition) is 6. The monoisotopic (exact) mass is 411 g/mol. The van der Waals surface area contributed by atoms with Gasteiger partial charge in [-0.05, 0) is 38.7 Å². The van der Waals surface area contributed by atoms with Crippen LogP contribution in [0.5, 0.6) is 0 Å². The van der Waals surface area contributed by atoms with Crippen LogP contribution in [0.15, 0.2) is 37.1 Å². The minimum atomic E-state index is 0.383. The summed E-state index contributed by atoms with van der Waals surface area (Å²) in [6.45, 7) is 2.84. The zero-order valence-corrected chi connectivity index (χ0v) is 16.9. The Labute approximate surface area is 172 Å². The van der Waals surface area contributed by atoms with Crippen molar-refractivity contribution in [1.29, 1.82) is 0 Å². The molecule has 0 saturated heterocycles. The number of ether oxygens (including phenoxy) is 1. The maximum Gasteiger partial charge on any atom is 0.241 e. The molecule has 0 radical (unpaired) electrons. The molecule has 0 aromatic carbocycles. The summed E-state index contributed by atoms with van der Waals surface area (Å²) in [4.78, 5) is 13.1. The highest BCUT2D eigenvalue weighted by molar-refractivity contribution is 6.29. The maximum absolute atomic E-state index is 6.18. The van der Waals surface area contributed by atoms with Crippen molar-refractivity contribution in [2.24, 2.45) is 0 Å². The summed E-state index contributed by atoms with van der Waals surface area (Å²) in [5.41, 5.74) is 2.83. The molecule has 4 aromatic heterocycles. The lowest BCUT2D eigenvalue weighted by Crippen LogP contribution is -2.30. The van der Waals surface area contributed by atoms with Gasteiger partial charge in [0, 0.05) is 42.4 Å². The molecule has 5 rings (SSSR count). The molecule has 1 fully saturated rings. The molecule has 0 unspecified atom stereocenters. The van der Waals surface area contributed by atoms with Gasteiger partial charge in [-0.3, -0.25) is 4.40 Å². The molecule has 9 heteroatoms. The van der Waals surface area contributed by atoms with Crippen LogP contribution < -0.4 is 5.32 Å². The van der Waals surface area contributed by atoms with E-state index in [2.05, 4.69) is 32.3 Å². The highest BCUT2D eigenvalue weighted by Crippen LogP contribution is 2.27. The Balaban J connectivity index is 1.36. The van der Waals surface area contributed by atoms with Crippen molar-refractivity contribution in [3.05, 3.63) is 42.2 Å². The predicted octanol–water partition coefficient (Wildman–Crippen LogP) is 3.85. The van der Waals surface area contributed by atoms with Crippen molar-refractivity contribution in [3.8, 4) is 11.1 Å². The Morgan fingerprint density at radius 1 is 1.14 bits per heavy atom. The van der Waals surface area contributed by atoms with Crippen molar-refractivity contribution < 1.29 is 4.74 Å². The predicted molar refractivity (Wildman–Crippen MR) is 111 cm³/mol. The minimum Gasteiger partial charge on any atom is -0.379 e. The fourth-order valence-electron chi connectivity index (χ4n) is 3.99. The number of imidazole rings is 1. The molecule has 8 nitrogen and oxygen atoms in total. The SMILES string of the molecule is CCOC1CCC(Nc2ncc3c(-c4cnc5ncc(Cl)n5c4)ccn3n2)CC1. The van der Waals surface area contributed by atoms with E-state index < -0.39 is 0 Å². The van der Waals surface area contributed by atoms with Gasteiger partial charge in [0.25, 0.3) is 0 Å². The van der Waals surface area contributed by atoms with Crippen molar-refractivity contribution in [3.63, 3.8) is 0 Å². The molecule has 0 aliphatic heterocycles. The minimum absolute atomic E-state index is 0.383. The normalized spacial score (nSPS) is 19.8. The first-order chi connectivity index (χ1) is 14.2. The zero-order chi connectivity index (χ0) is 19.8. The summed E-state index contributed by atoms with van der Waals surface area (Å²) in [5.74, 6) is 1.22. The lowest BCUT2D eigenvalue weighted by molar-refractivity contribution is 0.0346. The number of rotatable bonds is 5. The first-order valence-corrected chi connectivity index (χ1v) is 10.3. The largest absolute Gasteiger partial charge is 0.379 e. The molecule has 4 heterocycles. The van der Waals surface area contributed by atoms with E-state index >= 15 is 0 Å². The number of fused-ring (bicyclic) bond motifs is 2. The molecule has 0 spiro atoms. The fraction of sp³-hybridized carbons (Fsp3) is 0.400. The topological polar surface area (TPSA) is 81.6 Å². The van der Waals surface area contributed by atoms with E-state index in [0.29, 0.717) is 29.0 Å². The lowest BCUT2D eigenvalue weighted by Gasteiger charge is -2.28. The Kier molecular flexibility index (Phi) is 4.81. The van der Waals surface area contributed by atoms with Crippen LogP contribution >= 0.6 is 11.6 Å². The molecular weight excluding hydrogens is 390 g/mol. The van der Waals surface area contributed by atoms with Crippen molar-refractivity contribution in [1.82, 2.24) is 29.0 Å². The van der Waals surface area contributed by atoms with E-state index in [-0.39, 0.29) is 0 Å². The van der Waals surface area contributed by atoms with Crippen LogP contribution in [-0.4, -0.2) is 47.7 Å². The molecule has 1 saturated carbocycles. The van der Waals surface area contributed by atoms with Crippen molar-refractivity contribution >= 4 is 28.8 Å². The van der Waals surface area contributed by atoms with Crippen molar-refractivity contribution in [2.45, 2.75) is 44.8 Å². The molecule has 1 aliphatic carbocycles. The number of hydrogen-bond donors (Lipinski definition) is 1. The molecule has 0 bridgehead atoms. The molecule has 1 N–H and O–H groups in total. The maximum atomic E-state index is 6.18. The van der Waals surface area contributed by atoms with Gasteiger partial charge in [-0.25, -0.2) is 19.5 Å². The highest BCUT2D eigenvalue weighted by Gasteiger charge is 2.22. The van der Waals surface area contributed by atoms with Gasteiger partial charge in [0.15, 0.2) is 0 Å². The number of anilines is 1. The Hall–Kier alpha value is -2.71. The van der Waals surface area contributed by atoms with Gasteiger partial charge in [0.05, 0.1) is 24.0 Å². The Morgan fingerprint density at radius 2 is 1.97 bits per heavy atom. The average Bonchev–Trinajstić information content (AvgIpc) is 3.33. The molecular formula is C20H22ClN7O. The third kappa shape index (κ3) is 3.54. The van der Waals surface area contributed by atoms with Crippen molar-refractivity contribution in [2.75, 3.05) is 11.9 Å². The van der Waals surface area contributed by atoms with Gasteiger partial charge in [0.2, 0.25) is 11.7 Å². The highest BCUT2D eigenvalue weighted by atomic mass is 35.5. The second kappa shape index (κ2) is 7.61. The average molecular weight is 412 g/mol. The summed E-state index contributed by atoms with van der Waals surface area (Å²) >= 11 is 6.18. The number of nitrogens with zero attached hydrogens (tertiary/aromatic N) is 6. The van der Waals surface area contributed by atoms with E-state index in [9.17, 15) is 0 Å². The zero-order valence-electron chi connectivity index (χ0n) is 16.1. The quantitative estimate of drug-likeness (QED) is 0.537. The van der Waals surface area contributed by atoms with Gasteiger partial charge in [-0.15, -0.1) is 5.10 Å². The van der Waals surface area contributed by atoms with Crippen LogP contribution in [0, 0.1) is 0 Å². The Morgan fingerprint density at radius 3 is 2.79 bits per heavy atom. The molecule has 29 heavy (non-hydrogen) atoms. The van der Waals surface area contributed by atoms with Gasteiger partial charge >= 0.3 is 0 Å². The van der Waals surface area contributed by atoms with Gasteiger partial charge in [-0.2, -0.15) is 0 Å². The standard InChI is InChI=1S/C20H22ClN7O/c1-2-29-15-5-3-14(4-6-15)25-19-22-10-17-16(7-8-28(17)26-19)13-9-23-20-24-11-18(21)27(20)12-13/h7-12,14-15H,2-6H2,1H3,(H,25,26). The number of aromatic nitrogens is 6. The summed E-state index contributed by atoms with van der Waals surface area (Å²) in [6, 6.07) is 2.39. The van der Waals surface area contributed by atoms with Crippen LogP contribution in [0.4, 0.5) is 5.95 Å². The van der Waals surface area contributed by atoms with E-state index in [1.54, 1.807) is 16.8 Å². The van der Waals surface area contributed by atoms with Crippen LogP contribution in [-0.2, 0) is 4.74 Å². The first kappa shape index (κ1) is 18.3. The molecule has 4 aromatic rings. The second-order valence-electron chi connectivity index (χ2n) is 7.31. The van der Waals surface area contributed by atoms with Gasteiger partial charge in [0.1, 0.15) is 5.15 Å². The van der Waals surface area contributed by atoms with E-state index in [4.69, 9.17) is 16.3 Å². The van der Waals surface area contributed by atoms with E-state index in [1.807, 2.05) is 29.2 Å². The van der Waals surface area contributed by atoms with Crippen LogP contribution in [0.3, 0.4) is 0 Å². The molecule has 0 amide bonds. The number of halogens is 1. The third-order valence-corrected chi connectivity index (χ3v) is 5.74. The first-order valence-electron chi connectivity index (χ1n) is 9.93. The summed E-state index contributed by atoms with van der Waals surface area (Å²) in [7, 11) is 0. The summed E-state index contributed by atoms with van der Waals surface area (Å²) in [5, 5.41) is 8.64. The van der Waals surface area contributed by atoms with Crippen LogP contribution in [0.25, 0.3) is 22.4 Å². The van der Waals surface area contributed by atoms with Gasteiger partial charge in [-0.1, -0.05) is 11.6 Å². The summed E-state index contributed by atoms with van der Waals surface area (Å²) in [6.07, 6.45) is 13.8. The Bertz CT molecular complexity index is 1150. The third-order valence-electron chi connectivity index (χ3n) is 5.46. The summed E-state index contributed by atoms with van der Waals surface area (Å²) < 4.78 is 9.33. The molecule has 1 aliphatic rings. The number of nitrogens with one attached hydrogen (secondary N) is 1. The molecule has 0 atom stereocenters. The van der Waals surface area contributed by atoms with Crippen LogP contribution in [0.2, 0.25) is 5.15 Å². The van der Waals surface area contributed by atoms with E-state index in [1.165, 1.54) is 0 Å². The van der Waals surface area contributed by atoms with E-state index in [0.717, 1.165) is 48.9 Å². The smallest absolute Gasteiger partial charge is 0.241 e. The lowest BCUT2D eigenvalue weighted by atomic mass is 9.93. The second-order valence-corrected chi connectivity index (χ2v) is 7.70. The van der Waals surface area contributed by atoms with Gasteiger partial charge < -0.3 is 10.1 Å². The molecule has 150 valence electrons. The fourth-order valence-corrected chi connectivity index (χ4v) is 4.16.